The number of hydrogen-bond donors (Lipinski definition) is 1. The fourth-order valence-electron chi connectivity index (χ4n) is 0.492. The monoisotopic (exact) mass is 207 g/mol. The topological polar surface area (TPSA) is 63.2 Å². The highest BCUT2D eigenvalue weighted by Crippen LogP contribution is 1.93. The van der Waals surface area contributed by atoms with Crippen molar-refractivity contribution in [3.63, 3.8) is 0 Å². The zero-order chi connectivity index (χ0) is 6.20. The summed E-state index contributed by atoms with van der Waals surface area (Å²) >= 11 is 0. The Morgan fingerprint density at radius 2 is 1.80 bits per heavy atom. The van der Waals surface area contributed by atoms with E-state index in [0.29, 0.717) is 0 Å². The van der Waals surface area contributed by atoms with Gasteiger partial charge in [0, 0.05) is 0 Å². The fraction of sp³-hybridized carbons (Fsp3) is 0.667. The predicted molar refractivity (Wildman–Crippen MR) is 41.3 cm³/mol. The molecule has 0 radical (unpaired) electrons. The molecule has 1 aliphatic heterocycles. The van der Waals surface area contributed by atoms with Crippen LogP contribution in [0.15, 0.2) is 0 Å². The summed E-state index contributed by atoms with van der Waals surface area (Å²) in [6.07, 6.45) is 0. The molecule has 4 nitrogen and oxygen atoms in total. The maximum Gasteiger partial charge on any atom is 0.236 e. The number of sulfone groups is 1. The number of carbonyl (C=O) groups excluding carboxylic acids is 1. The maximum atomic E-state index is 10.4. The minimum Gasteiger partial charge on any atom is -0.341 e. The van der Waals surface area contributed by atoms with Gasteiger partial charge in [0.2, 0.25) is 5.91 Å². The van der Waals surface area contributed by atoms with E-state index in [1.165, 1.54) is 0 Å². The Morgan fingerprint density at radius 3 is 1.90 bits per heavy atom. The number of hydrogen-bond acceptors (Lipinski definition) is 3. The van der Waals surface area contributed by atoms with E-state index in [-0.39, 0.29) is 36.4 Å². The van der Waals surface area contributed by atoms with Crippen LogP contribution in [-0.2, 0) is 14.6 Å². The number of rotatable bonds is 0. The summed E-state index contributed by atoms with van der Waals surface area (Å²) in [6, 6.07) is 0. The normalized spacial score (nSPS) is 20.2. The van der Waals surface area contributed by atoms with Crippen LogP contribution >= 0.6 is 24.8 Å². The highest BCUT2D eigenvalue weighted by atomic mass is 35.5. The van der Waals surface area contributed by atoms with Crippen molar-refractivity contribution in [2.45, 2.75) is 0 Å². The van der Waals surface area contributed by atoms with Crippen LogP contribution in [-0.4, -0.2) is 26.0 Å². The molecule has 0 aromatic carbocycles. The molecule has 0 bridgehead atoms. The SMILES string of the molecule is Cl.Cl.O=C1CS(=O)(=O)CN1. The Bertz CT molecular complexity index is 212. The zero-order valence-electron chi connectivity index (χ0n) is 4.86. The molecule has 7 heteroatoms. The lowest BCUT2D eigenvalue weighted by atomic mass is 10.7. The molecule has 0 saturated carbocycles. The first-order chi connectivity index (χ1) is 3.60. The van der Waals surface area contributed by atoms with Crippen LogP contribution in [0.2, 0.25) is 0 Å². The van der Waals surface area contributed by atoms with Crippen LogP contribution in [0.25, 0.3) is 0 Å². The second-order valence-electron chi connectivity index (χ2n) is 1.63. The fourth-order valence-corrected chi connectivity index (χ4v) is 1.48. The minimum atomic E-state index is -3.06. The van der Waals surface area contributed by atoms with E-state index in [9.17, 15) is 13.2 Å². The van der Waals surface area contributed by atoms with Gasteiger partial charge in [-0.15, -0.1) is 24.8 Å². The van der Waals surface area contributed by atoms with Gasteiger partial charge in [0.1, 0.15) is 11.6 Å². The quantitative estimate of drug-likeness (QED) is 0.574. The molecular weight excluding hydrogens is 201 g/mol. The average Bonchev–Trinajstić information content (AvgIpc) is 1.82. The smallest absolute Gasteiger partial charge is 0.236 e. The summed E-state index contributed by atoms with van der Waals surface area (Å²) in [5, 5.41) is 2.18. The van der Waals surface area contributed by atoms with Crippen LogP contribution in [0.1, 0.15) is 0 Å². The molecule has 0 spiro atoms. The molecule has 1 amide bonds. The molecule has 1 fully saturated rings. The van der Waals surface area contributed by atoms with Crippen LogP contribution in [0.5, 0.6) is 0 Å². The molecule has 1 aliphatic rings. The molecule has 62 valence electrons. The van der Waals surface area contributed by atoms with Crippen LogP contribution in [0.3, 0.4) is 0 Å². The van der Waals surface area contributed by atoms with Crippen molar-refractivity contribution in [1.29, 1.82) is 0 Å². The lowest BCUT2D eigenvalue weighted by Crippen LogP contribution is -2.14. The van der Waals surface area contributed by atoms with Gasteiger partial charge >= 0.3 is 0 Å². The lowest BCUT2D eigenvalue weighted by molar-refractivity contribution is -0.117. The first kappa shape index (κ1) is 12.7. The van der Waals surface area contributed by atoms with Crippen LogP contribution < -0.4 is 5.32 Å². The third-order valence-electron chi connectivity index (χ3n) is 0.840. The molecule has 0 unspecified atom stereocenters. The highest BCUT2D eigenvalue weighted by Gasteiger charge is 2.23. The molecule has 1 rings (SSSR count). The number of halogens is 2. The van der Waals surface area contributed by atoms with Gasteiger partial charge in [-0.05, 0) is 0 Å². The van der Waals surface area contributed by atoms with Gasteiger partial charge in [-0.25, -0.2) is 8.42 Å². The Morgan fingerprint density at radius 1 is 1.30 bits per heavy atom. The largest absolute Gasteiger partial charge is 0.341 e. The van der Waals surface area contributed by atoms with Crippen LogP contribution in [0, 0.1) is 0 Å². The maximum absolute atomic E-state index is 10.4. The third kappa shape index (κ3) is 3.24. The Kier molecular flexibility index (Phi) is 5.06. The van der Waals surface area contributed by atoms with Gasteiger partial charge in [-0.2, -0.15) is 0 Å². The van der Waals surface area contributed by atoms with Crippen molar-refractivity contribution in [1.82, 2.24) is 5.32 Å². The molecule has 0 atom stereocenters. The summed E-state index contributed by atoms with van der Waals surface area (Å²) in [4.78, 5) is 10.2. The Hall–Kier alpha value is -0.000000000000000167. The highest BCUT2D eigenvalue weighted by molar-refractivity contribution is 7.92. The van der Waals surface area contributed by atoms with E-state index in [2.05, 4.69) is 5.32 Å². The number of amides is 1. The molecule has 10 heavy (non-hydrogen) atoms. The average molecular weight is 208 g/mol. The van der Waals surface area contributed by atoms with E-state index < -0.39 is 15.7 Å². The Balaban J connectivity index is 0. The summed E-state index contributed by atoms with van der Waals surface area (Å²) in [7, 11) is -3.06. The van der Waals surface area contributed by atoms with Gasteiger partial charge in [0.25, 0.3) is 0 Å². The van der Waals surface area contributed by atoms with Crippen molar-refractivity contribution < 1.29 is 13.2 Å². The molecule has 0 aromatic rings. The molecule has 1 N–H and O–H groups in total. The summed E-state index contributed by atoms with van der Waals surface area (Å²) in [5.41, 5.74) is 0. The van der Waals surface area contributed by atoms with Crippen molar-refractivity contribution in [3.05, 3.63) is 0 Å². The third-order valence-corrected chi connectivity index (χ3v) is 2.13. The second kappa shape index (κ2) is 4.00. The first-order valence-corrected chi connectivity index (χ1v) is 3.89. The van der Waals surface area contributed by atoms with Gasteiger partial charge in [0.05, 0.1) is 0 Å². The van der Waals surface area contributed by atoms with E-state index in [4.69, 9.17) is 0 Å². The van der Waals surface area contributed by atoms with Crippen molar-refractivity contribution in [2.24, 2.45) is 0 Å². The summed E-state index contributed by atoms with van der Waals surface area (Å²) in [6.45, 7) is 0. The van der Waals surface area contributed by atoms with E-state index in [1.807, 2.05) is 0 Å². The van der Waals surface area contributed by atoms with Gasteiger partial charge < -0.3 is 5.32 Å². The Labute approximate surface area is 71.1 Å². The number of carbonyl (C=O) groups is 1. The van der Waals surface area contributed by atoms with Crippen molar-refractivity contribution in [2.75, 3.05) is 11.6 Å². The lowest BCUT2D eigenvalue weighted by Gasteiger charge is -1.80. The summed E-state index contributed by atoms with van der Waals surface area (Å²) < 4.78 is 20.7. The van der Waals surface area contributed by atoms with E-state index in [1.54, 1.807) is 0 Å². The van der Waals surface area contributed by atoms with Gasteiger partial charge in [-0.1, -0.05) is 0 Å². The zero-order valence-corrected chi connectivity index (χ0v) is 7.31. The molecule has 0 aromatic heterocycles. The predicted octanol–water partition coefficient (Wildman–Crippen LogP) is -0.668. The molecule has 1 saturated heterocycles. The minimum absolute atomic E-state index is 0. The van der Waals surface area contributed by atoms with E-state index in [0.717, 1.165) is 0 Å². The van der Waals surface area contributed by atoms with E-state index >= 15 is 0 Å². The summed E-state index contributed by atoms with van der Waals surface area (Å²) in [5.74, 6) is -0.927. The van der Waals surface area contributed by atoms with Gasteiger partial charge in [-0.3, -0.25) is 4.79 Å². The van der Waals surface area contributed by atoms with Crippen molar-refractivity contribution >= 4 is 40.6 Å². The standard InChI is InChI=1S/C3H5NO3S.2ClH/c5-3-1-8(6,7)2-4-3;;/h1-2H2,(H,4,5);2*1H. The first-order valence-electron chi connectivity index (χ1n) is 2.07. The van der Waals surface area contributed by atoms with Gasteiger partial charge in [0.15, 0.2) is 9.84 Å². The molecule has 1 heterocycles. The molecular formula is C3H7Cl2NO3S. The van der Waals surface area contributed by atoms with Crippen LogP contribution in [0.4, 0.5) is 0 Å². The van der Waals surface area contributed by atoms with Crippen molar-refractivity contribution in [3.8, 4) is 0 Å². The molecule has 0 aliphatic carbocycles. The number of nitrogens with one attached hydrogen (secondary N) is 1. The second-order valence-corrected chi connectivity index (χ2v) is 3.70.